The van der Waals surface area contributed by atoms with Crippen LogP contribution < -0.4 is 5.32 Å². The first kappa shape index (κ1) is 41.1. The lowest BCUT2D eigenvalue weighted by Gasteiger charge is -2.14. The number of aliphatic carboxylic acids is 1. The maximum absolute atomic E-state index is 12.6. The Morgan fingerprint density at radius 2 is 1.18 bits per heavy atom. The minimum absolute atomic E-state index is 0.119. The van der Waals surface area contributed by atoms with Crippen molar-refractivity contribution in [2.45, 2.75) is 155 Å². The van der Waals surface area contributed by atoms with Gasteiger partial charge >= 0.3 is 11.9 Å². The maximum atomic E-state index is 12.6. The van der Waals surface area contributed by atoms with Crippen molar-refractivity contribution >= 4 is 17.8 Å². The second kappa shape index (κ2) is 33.0. The van der Waals surface area contributed by atoms with Gasteiger partial charge in [-0.15, -0.1) is 0 Å². The number of hydrogen-bond donors (Lipinski definition) is 2. The molecule has 6 nitrogen and oxygen atoms in total. The van der Waals surface area contributed by atoms with E-state index in [2.05, 4.69) is 73.8 Å². The Morgan fingerprint density at radius 3 is 1.84 bits per heavy atom. The Balaban J connectivity index is 4.25. The van der Waals surface area contributed by atoms with Crippen molar-refractivity contribution in [3.63, 3.8) is 0 Å². The van der Waals surface area contributed by atoms with Crippen LogP contribution in [0.5, 0.6) is 0 Å². The molecule has 0 aromatic carbocycles. The van der Waals surface area contributed by atoms with E-state index in [1.165, 1.54) is 32.1 Å². The van der Waals surface area contributed by atoms with E-state index >= 15 is 0 Å². The van der Waals surface area contributed by atoms with E-state index in [0.29, 0.717) is 12.8 Å². The van der Waals surface area contributed by atoms with Gasteiger partial charge in [0.25, 0.3) is 0 Å². The van der Waals surface area contributed by atoms with Gasteiger partial charge in [0.05, 0.1) is 0 Å². The number of rotatable bonds is 30. The fraction of sp³-hybridized carbons (Fsp3) is 0.658. The van der Waals surface area contributed by atoms with E-state index in [0.717, 1.165) is 89.9 Å². The third kappa shape index (κ3) is 32.0. The number of esters is 1. The minimum Gasteiger partial charge on any atom is -0.480 e. The van der Waals surface area contributed by atoms with Gasteiger partial charge < -0.3 is 15.2 Å². The number of carbonyl (C=O) groups is 3. The molecule has 0 saturated heterocycles. The van der Waals surface area contributed by atoms with Gasteiger partial charge in [-0.2, -0.15) is 0 Å². The molecule has 0 aliphatic carbocycles. The molecule has 0 fully saturated rings. The third-order valence-corrected chi connectivity index (χ3v) is 7.16. The number of allylic oxidation sites excluding steroid dienone is 9. The summed E-state index contributed by atoms with van der Waals surface area (Å²) >= 11 is 0. The van der Waals surface area contributed by atoms with E-state index in [1.807, 2.05) is 6.08 Å². The van der Waals surface area contributed by atoms with Gasteiger partial charge in [0.1, 0.15) is 12.6 Å². The number of carboxylic acid groups (broad SMARTS) is 1. The van der Waals surface area contributed by atoms with Crippen molar-refractivity contribution in [1.29, 1.82) is 0 Å². The van der Waals surface area contributed by atoms with E-state index in [4.69, 9.17) is 9.84 Å². The average Bonchev–Trinajstić information content (AvgIpc) is 3.00. The lowest BCUT2D eigenvalue weighted by molar-refractivity contribution is -0.147. The van der Waals surface area contributed by atoms with Gasteiger partial charge in [0, 0.05) is 12.8 Å². The molecule has 2 N–H and O–H groups in total. The normalized spacial score (nSPS) is 12.8. The van der Waals surface area contributed by atoms with Crippen LogP contribution in [-0.2, 0) is 19.1 Å². The van der Waals surface area contributed by atoms with Crippen molar-refractivity contribution < 1.29 is 24.2 Å². The highest BCUT2D eigenvalue weighted by Gasteiger charge is 2.11. The zero-order valence-corrected chi connectivity index (χ0v) is 28.0. The van der Waals surface area contributed by atoms with Crippen molar-refractivity contribution in [2.75, 3.05) is 6.54 Å². The van der Waals surface area contributed by atoms with Crippen LogP contribution in [0.2, 0.25) is 0 Å². The first-order chi connectivity index (χ1) is 21.5. The fourth-order valence-electron chi connectivity index (χ4n) is 4.59. The van der Waals surface area contributed by atoms with Crippen LogP contribution in [0, 0.1) is 0 Å². The molecule has 0 rings (SSSR count). The largest absolute Gasteiger partial charge is 0.480 e. The number of amides is 1. The molecule has 0 aromatic rings. The van der Waals surface area contributed by atoms with Crippen molar-refractivity contribution in [3.05, 3.63) is 60.8 Å². The van der Waals surface area contributed by atoms with Gasteiger partial charge in [-0.3, -0.25) is 14.4 Å². The van der Waals surface area contributed by atoms with Crippen LogP contribution in [0.15, 0.2) is 60.8 Å². The van der Waals surface area contributed by atoms with Gasteiger partial charge in [0.15, 0.2) is 0 Å². The van der Waals surface area contributed by atoms with Gasteiger partial charge in [-0.05, 0) is 83.1 Å². The van der Waals surface area contributed by atoms with Crippen LogP contribution in [0.25, 0.3) is 0 Å². The summed E-state index contributed by atoms with van der Waals surface area (Å²) in [6, 6.07) is 0. The van der Waals surface area contributed by atoms with Crippen LogP contribution >= 0.6 is 0 Å². The molecule has 6 heteroatoms. The number of nitrogens with one attached hydrogen (secondary N) is 1. The second-order valence-corrected chi connectivity index (χ2v) is 11.4. The van der Waals surface area contributed by atoms with Crippen molar-refractivity contribution in [2.24, 2.45) is 0 Å². The predicted octanol–water partition coefficient (Wildman–Crippen LogP) is 10.1. The number of ether oxygens (including phenoxy) is 1. The Kier molecular flexibility index (Phi) is 30.8. The number of hydrogen-bond acceptors (Lipinski definition) is 4. The Morgan fingerprint density at radius 1 is 0.636 bits per heavy atom. The number of carboxylic acids is 1. The summed E-state index contributed by atoms with van der Waals surface area (Å²) in [4.78, 5) is 34.8. The molecule has 1 atom stereocenters. The molecule has 1 amide bonds. The molecule has 0 bridgehead atoms. The van der Waals surface area contributed by atoms with Crippen LogP contribution in [0.1, 0.15) is 149 Å². The molecule has 0 aromatic heterocycles. The minimum atomic E-state index is -1.03. The van der Waals surface area contributed by atoms with Crippen molar-refractivity contribution in [1.82, 2.24) is 5.32 Å². The third-order valence-electron chi connectivity index (χ3n) is 7.16. The summed E-state index contributed by atoms with van der Waals surface area (Å²) in [5.41, 5.74) is 0. The quantitative estimate of drug-likeness (QED) is 0.0478. The lowest BCUT2D eigenvalue weighted by atomic mass is 10.1. The second-order valence-electron chi connectivity index (χ2n) is 11.4. The Labute approximate surface area is 269 Å². The molecule has 0 saturated carbocycles. The van der Waals surface area contributed by atoms with Crippen LogP contribution in [-0.4, -0.2) is 35.6 Å². The highest BCUT2D eigenvalue weighted by Crippen LogP contribution is 2.14. The van der Waals surface area contributed by atoms with Crippen LogP contribution in [0.4, 0.5) is 0 Å². The molecule has 0 spiro atoms. The molecule has 44 heavy (non-hydrogen) atoms. The highest BCUT2D eigenvalue weighted by atomic mass is 16.5. The molecule has 0 heterocycles. The topological polar surface area (TPSA) is 92.7 Å². The molecule has 0 radical (unpaired) electrons. The average molecular weight is 614 g/mol. The first-order valence-electron chi connectivity index (χ1n) is 17.4. The van der Waals surface area contributed by atoms with E-state index < -0.39 is 5.97 Å². The number of carbonyl (C=O) groups excluding carboxylic acids is 2. The summed E-state index contributed by atoms with van der Waals surface area (Å²) in [5, 5.41) is 11.0. The maximum Gasteiger partial charge on any atom is 0.322 e. The fourth-order valence-corrected chi connectivity index (χ4v) is 4.59. The molecule has 250 valence electrons. The van der Waals surface area contributed by atoms with Gasteiger partial charge in [0.2, 0.25) is 5.91 Å². The van der Waals surface area contributed by atoms with Gasteiger partial charge in [-0.1, -0.05) is 113 Å². The summed E-state index contributed by atoms with van der Waals surface area (Å²) < 4.78 is 5.84. The first-order valence-corrected chi connectivity index (χ1v) is 17.4. The van der Waals surface area contributed by atoms with Gasteiger partial charge in [-0.25, -0.2) is 0 Å². The monoisotopic (exact) mass is 613 g/mol. The molecular formula is C38H63NO5. The summed E-state index contributed by atoms with van der Waals surface area (Å²) in [7, 11) is 0. The SMILES string of the molecule is CC/C=C\C/C=C\C/C=C\CCCCCCCC(=O)OC(/C=C\C/C=C\CCCCC)CCCCCCC(=O)NCC(=O)O. The number of unbranched alkanes of at least 4 members (excludes halogenated alkanes) is 11. The van der Waals surface area contributed by atoms with E-state index in [1.54, 1.807) is 0 Å². The lowest BCUT2D eigenvalue weighted by Crippen LogP contribution is -2.28. The summed E-state index contributed by atoms with van der Waals surface area (Å²) in [6.45, 7) is 4.03. The Bertz CT molecular complexity index is 855. The van der Waals surface area contributed by atoms with E-state index in [9.17, 15) is 14.4 Å². The molecular weight excluding hydrogens is 550 g/mol. The van der Waals surface area contributed by atoms with Crippen molar-refractivity contribution in [3.8, 4) is 0 Å². The Hall–Kier alpha value is -2.89. The summed E-state index contributed by atoms with van der Waals surface area (Å²) in [6.07, 6.45) is 42.1. The molecule has 0 aliphatic heterocycles. The van der Waals surface area contributed by atoms with E-state index in [-0.39, 0.29) is 24.5 Å². The highest BCUT2D eigenvalue weighted by molar-refractivity contribution is 5.80. The molecule has 1 unspecified atom stereocenters. The summed E-state index contributed by atoms with van der Waals surface area (Å²) in [5.74, 6) is -1.38. The predicted molar refractivity (Wildman–Crippen MR) is 185 cm³/mol. The smallest absolute Gasteiger partial charge is 0.322 e. The zero-order valence-electron chi connectivity index (χ0n) is 28.0. The zero-order chi connectivity index (χ0) is 32.4. The standard InChI is InChI=1S/C38H63NO5/c1-3-5-7-9-11-13-14-15-16-17-18-19-21-23-29-33-38(43)44-35(30-26-22-20-12-10-8-6-4-2)31-27-24-25-28-32-36(40)39-34-37(41)42/h5,7,11-13,15-16,20,26,30,35H,3-4,6,8-10,14,17-19,21-25,27-29,31-34H2,1-2H3,(H,39,40)(H,41,42)/b7-5-,13-11-,16-15-,20-12-,30-26-. The van der Waals surface area contributed by atoms with Crippen LogP contribution in [0.3, 0.4) is 0 Å². The molecule has 0 aliphatic rings.